The summed E-state index contributed by atoms with van der Waals surface area (Å²) in [5.74, 6) is 1.60. The first kappa shape index (κ1) is 8.11. The van der Waals surface area contributed by atoms with Gasteiger partial charge in [0.15, 0.2) is 0 Å². The molecule has 0 N–H and O–H groups in total. The first-order valence-corrected chi connectivity index (χ1v) is 4.38. The maximum Gasteiger partial charge on any atom is 0.127 e. The number of rotatable bonds is 2. The molecule has 0 bridgehead atoms. The van der Waals surface area contributed by atoms with Crippen molar-refractivity contribution in [2.24, 2.45) is 0 Å². The van der Waals surface area contributed by atoms with E-state index in [4.69, 9.17) is 4.74 Å². The molecule has 13 heavy (non-hydrogen) atoms. The van der Waals surface area contributed by atoms with E-state index >= 15 is 0 Å². The molecule has 2 rings (SSSR count). The predicted molar refractivity (Wildman–Crippen MR) is 54.6 cm³/mol. The summed E-state index contributed by atoms with van der Waals surface area (Å²) in [4.78, 5) is 0. The summed E-state index contributed by atoms with van der Waals surface area (Å²) in [5, 5.41) is 0. The fraction of sp³-hybridized carbons (Fsp3) is 0.167. The first-order valence-electron chi connectivity index (χ1n) is 4.38. The molecule has 0 aliphatic heterocycles. The topological polar surface area (TPSA) is 9.23 Å². The van der Waals surface area contributed by atoms with Gasteiger partial charge < -0.3 is 4.74 Å². The molecule has 0 aromatic heterocycles. The minimum Gasteiger partial charge on any atom is -0.463 e. The molecule has 0 atom stereocenters. The minimum atomic E-state index is 0.724. The van der Waals surface area contributed by atoms with Crippen molar-refractivity contribution in [3.8, 4) is 5.75 Å². The standard InChI is InChI=1S/C12H12O/c1-9(2)13-12-7-6-10-4-3-5-11(10)8-12/h3,5-8H,1,4H2,2H3. The van der Waals surface area contributed by atoms with Gasteiger partial charge in [-0.2, -0.15) is 0 Å². The van der Waals surface area contributed by atoms with Crippen LogP contribution in [-0.2, 0) is 6.42 Å². The summed E-state index contributed by atoms with van der Waals surface area (Å²) in [6.45, 7) is 5.55. The van der Waals surface area contributed by atoms with Gasteiger partial charge in [-0.1, -0.05) is 24.8 Å². The van der Waals surface area contributed by atoms with Crippen LogP contribution in [0.5, 0.6) is 5.75 Å². The lowest BCUT2D eigenvalue weighted by molar-refractivity contribution is 0.430. The molecule has 0 heterocycles. The van der Waals surface area contributed by atoms with Gasteiger partial charge in [0.05, 0.1) is 5.76 Å². The van der Waals surface area contributed by atoms with Gasteiger partial charge in [0.2, 0.25) is 0 Å². The third kappa shape index (κ3) is 1.64. The zero-order valence-corrected chi connectivity index (χ0v) is 7.71. The average Bonchev–Trinajstić information content (AvgIpc) is 2.49. The van der Waals surface area contributed by atoms with Crippen molar-refractivity contribution >= 4 is 6.08 Å². The van der Waals surface area contributed by atoms with Crippen LogP contribution in [0, 0.1) is 0 Å². The van der Waals surface area contributed by atoms with Crippen molar-refractivity contribution in [3.05, 3.63) is 47.7 Å². The summed E-state index contributed by atoms with van der Waals surface area (Å²) in [7, 11) is 0. The van der Waals surface area contributed by atoms with Crippen LogP contribution in [0.3, 0.4) is 0 Å². The number of allylic oxidation sites excluding steroid dienone is 2. The molecule has 0 spiro atoms. The summed E-state index contributed by atoms with van der Waals surface area (Å²) >= 11 is 0. The number of ether oxygens (including phenoxy) is 1. The Morgan fingerprint density at radius 3 is 3.08 bits per heavy atom. The molecule has 0 fully saturated rings. The van der Waals surface area contributed by atoms with Gasteiger partial charge in [0, 0.05) is 0 Å². The van der Waals surface area contributed by atoms with Gasteiger partial charge >= 0.3 is 0 Å². The van der Waals surface area contributed by atoms with E-state index < -0.39 is 0 Å². The van der Waals surface area contributed by atoms with E-state index in [0.29, 0.717) is 0 Å². The maximum atomic E-state index is 5.41. The van der Waals surface area contributed by atoms with Crippen LogP contribution in [-0.4, -0.2) is 0 Å². The van der Waals surface area contributed by atoms with Crippen molar-refractivity contribution in [2.75, 3.05) is 0 Å². The minimum absolute atomic E-state index is 0.724. The number of hydrogen-bond acceptors (Lipinski definition) is 1. The van der Waals surface area contributed by atoms with Crippen LogP contribution >= 0.6 is 0 Å². The van der Waals surface area contributed by atoms with Gasteiger partial charge in [-0.15, -0.1) is 0 Å². The van der Waals surface area contributed by atoms with E-state index in [1.165, 1.54) is 11.1 Å². The fourth-order valence-corrected chi connectivity index (χ4v) is 1.49. The Bertz CT molecular complexity index is 375. The largest absolute Gasteiger partial charge is 0.463 e. The van der Waals surface area contributed by atoms with Crippen LogP contribution < -0.4 is 4.74 Å². The fourth-order valence-electron chi connectivity index (χ4n) is 1.49. The molecule has 0 saturated heterocycles. The van der Waals surface area contributed by atoms with Crippen LogP contribution in [0.15, 0.2) is 36.6 Å². The molecule has 1 aromatic carbocycles. The highest BCUT2D eigenvalue weighted by Crippen LogP contribution is 2.24. The molecule has 0 unspecified atom stereocenters. The Balaban J connectivity index is 2.30. The second-order valence-corrected chi connectivity index (χ2v) is 3.27. The highest BCUT2D eigenvalue weighted by Gasteiger charge is 2.05. The van der Waals surface area contributed by atoms with Gasteiger partial charge in [0.1, 0.15) is 5.75 Å². The Labute approximate surface area is 78.3 Å². The number of hydrogen-bond donors (Lipinski definition) is 0. The van der Waals surface area contributed by atoms with Crippen molar-refractivity contribution in [2.45, 2.75) is 13.3 Å². The Kier molecular flexibility index (Phi) is 1.93. The smallest absolute Gasteiger partial charge is 0.127 e. The summed E-state index contributed by atoms with van der Waals surface area (Å²) < 4.78 is 5.41. The zero-order chi connectivity index (χ0) is 9.26. The molecule has 1 aliphatic rings. The molecule has 0 amide bonds. The third-order valence-electron chi connectivity index (χ3n) is 2.04. The van der Waals surface area contributed by atoms with Crippen LogP contribution in [0.2, 0.25) is 0 Å². The van der Waals surface area contributed by atoms with Crippen LogP contribution in [0.4, 0.5) is 0 Å². The lowest BCUT2D eigenvalue weighted by atomic mass is 10.1. The molecule has 66 valence electrons. The molecular formula is C12H12O. The Morgan fingerprint density at radius 2 is 2.31 bits per heavy atom. The molecule has 1 aromatic rings. The average molecular weight is 172 g/mol. The lowest BCUT2D eigenvalue weighted by Gasteiger charge is -2.06. The second kappa shape index (κ2) is 3.09. The number of fused-ring (bicyclic) bond motifs is 1. The second-order valence-electron chi connectivity index (χ2n) is 3.27. The van der Waals surface area contributed by atoms with Gasteiger partial charge in [-0.3, -0.25) is 0 Å². The van der Waals surface area contributed by atoms with Crippen LogP contribution in [0.1, 0.15) is 18.1 Å². The van der Waals surface area contributed by atoms with E-state index in [1.807, 2.05) is 19.1 Å². The molecule has 1 nitrogen and oxygen atoms in total. The van der Waals surface area contributed by atoms with Gasteiger partial charge in [0.25, 0.3) is 0 Å². The van der Waals surface area contributed by atoms with E-state index in [1.54, 1.807) is 0 Å². The maximum absolute atomic E-state index is 5.41. The van der Waals surface area contributed by atoms with Crippen molar-refractivity contribution in [1.82, 2.24) is 0 Å². The zero-order valence-electron chi connectivity index (χ0n) is 7.71. The molecular weight excluding hydrogens is 160 g/mol. The van der Waals surface area contributed by atoms with Crippen molar-refractivity contribution in [3.63, 3.8) is 0 Å². The summed E-state index contributed by atoms with van der Waals surface area (Å²) in [5.41, 5.74) is 2.63. The molecule has 1 aliphatic carbocycles. The molecule has 0 radical (unpaired) electrons. The highest BCUT2D eigenvalue weighted by atomic mass is 16.5. The quantitative estimate of drug-likeness (QED) is 0.622. The summed E-state index contributed by atoms with van der Waals surface area (Å²) in [6.07, 6.45) is 5.33. The lowest BCUT2D eigenvalue weighted by Crippen LogP contribution is -1.89. The Hall–Kier alpha value is -1.50. The third-order valence-corrected chi connectivity index (χ3v) is 2.04. The van der Waals surface area contributed by atoms with Crippen LogP contribution in [0.25, 0.3) is 6.08 Å². The predicted octanol–water partition coefficient (Wildman–Crippen LogP) is 3.17. The molecule has 0 saturated carbocycles. The summed E-state index contributed by atoms with van der Waals surface area (Å²) in [6, 6.07) is 6.14. The normalized spacial score (nSPS) is 12.7. The van der Waals surface area contributed by atoms with Crippen molar-refractivity contribution in [1.29, 1.82) is 0 Å². The van der Waals surface area contributed by atoms with E-state index in [-0.39, 0.29) is 0 Å². The first-order chi connectivity index (χ1) is 6.25. The number of benzene rings is 1. The Morgan fingerprint density at radius 1 is 1.46 bits per heavy atom. The van der Waals surface area contributed by atoms with E-state index in [2.05, 4.69) is 24.8 Å². The molecule has 1 heteroatoms. The van der Waals surface area contributed by atoms with E-state index in [9.17, 15) is 0 Å². The van der Waals surface area contributed by atoms with Crippen molar-refractivity contribution < 1.29 is 4.74 Å². The highest BCUT2D eigenvalue weighted by molar-refractivity contribution is 5.61. The SMILES string of the molecule is C=C(C)Oc1ccc2c(c1)C=CC2. The monoisotopic (exact) mass is 172 g/mol. The van der Waals surface area contributed by atoms with E-state index in [0.717, 1.165) is 17.9 Å². The van der Waals surface area contributed by atoms with Gasteiger partial charge in [-0.05, 0) is 36.6 Å². The van der Waals surface area contributed by atoms with Gasteiger partial charge in [-0.25, -0.2) is 0 Å².